The van der Waals surface area contributed by atoms with Crippen LogP contribution in [0.15, 0.2) is 54.6 Å². The second-order valence-corrected chi connectivity index (χ2v) is 13.4. The highest BCUT2D eigenvalue weighted by Crippen LogP contribution is 2.45. The lowest BCUT2D eigenvalue weighted by Crippen LogP contribution is -2.40. The molecular formula is C37H46N4O4. The lowest BCUT2D eigenvalue weighted by Gasteiger charge is -2.40. The number of benzene rings is 2. The fourth-order valence-electron chi connectivity index (χ4n) is 5.71. The number of aryl methyl sites for hydroxylation is 2. The Morgan fingerprint density at radius 2 is 1.64 bits per heavy atom. The zero-order valence-corrected chi connectivity index (χ0v) is 27.9. The first-order valence-corrected chi connectivity index (χ1v) is 15.7. The second-order valence-electron chi connectivity index (χ2n) is 13.4. The number of nitrogens with one attached hydrogen (secondary N) is 1. The fourth-order valence-corrected chi connectivity index (χ4v) is 5.71. The molecule has 1 fully saturated rings. The fraction of sp³-hybridized carbons (Fsp3) is 0.459. The molecule has 2 aromatic carbocycles. The molecule has 0 saturated carbocycles. The molecule has 4 rings (SSSR count). The van der Waals surface area contributed by atoms with E-state index in [1.807, 2.05) is 110 Å². The standard InChI is InChI=1S/C37H46N4O4/c1-24(2)44-35(43)33(45-36(5,6)7)31-26(4)40-25(3)30(32(31)41-20-18-37(8,23-38)19-21-41)28-14-16-29(17-15-28)34(42)39-22-27-12-10-9-11-13-27/h9-17,24,33H,18-22H2,1-8H3,(H,39,42)/t33-/m0/s1. The van der Waals surface area contributed by atoms with E-state index in [0.717, 1.165) is 28.1 Å². The molecule has 1 atom stereocenters. The van der Waals surface area contributed by atoms with Crippen LogP contribution in [0.4, 0.5) is 5.69 Å². The molecule has 8 heteroatoms. The van der Waals surface area contributed by atoms with Crippen molar-refractivity contribution in [3.05, 3.63) is 82.7 Å². The number of hydrogen-bond acceptors (Lipinski definition) is 7. The minimum atomic E-state index is -1.01. The smallest absolute Gasteiger partial charge is 0.340 e. The highest BCUT2D eigenvalue weighted by atomic mass is 16.6. The first-order chi connectivity index (χ1) is 21.2. The van der Waals surface area contributed by atoms with Crippen molar-refractivity contribution in [1.82, 2.24) is 10.3 Å². The Bertz CT molecular complexity index is 1540. The van der Waals surface area contributed by atoms with E-state index in [9.17, 15) is 14.9 Å². The third kappa shape index (κ3) is 8.29. The van der Waals surface area contributed by atoms with Crippen molar-refractivity contribution in [2.45, 2.75) is 92.6 Å². The Hall–Kier alpha value is -4.22. The molecular weight excluding hydrogens is 564 g/mol. The molecule has 0 unspecified atom stereocenters. The number of nitriles is 1. The summed E-state index contributed by atoms with van der Waals surface area (Å²) in [6.07, 6.45) is 0.0356. The number of aromatic nitrogens is 1. The van der Waals surface area contributed by atoms with Gasteiger partial charge in [0.2, 0.25) is 0 Å². The van der Waals surface area contributed by atoms with Gasteiger partial charge in [0.05, 0.1) is 28.9 Å². The lowest BCUT2D eigenvalue weighted by molar-refractivity contribution is -0.171. The van der Waals surface area contributed by atoms with Crippen molar-refractivity contribution < 1.29 is 19.1 Å². The van der Waals surface area contributed by atoms with E-state index in [1.54, 1.807) is 0 Å². The quantitative estimate of drug-likeness (QED) is 0.255. The molecule has 1 aromatic heterocycles. The zero-order valence-electron chi connectivity index (χ0n) is 27.9. The molecule has 1 saturated heterocycles. The number of hydrogen-bond donors (Lipinski definition) is 1. The van der Waals surface area contributed by atoms with Crippen LogP contribution in [0.3, 0.4) is 0 Å². The second kappa shape index (κ2) is 13.8. The molecule has 45 heavy (non-hydrogen) atoms. The average molecular weight is 611 g/mol. The van der Waals surface area contributed by atoms with Crippen molar-refractivity contribution in [1.29, 1.82) is 5.26 Å². The van der Waals surface area contributed by atoms with Crippen LogP contribution in [0.25, 0.3) is 11.1 Å². The monoisotopic (exact) mass is 610 g/mol. The Kier molecular flexibility index (Phi) is 10.3. The van der Waals surface area contributed by atoms with Gasteiger partial charge >= 0.3 is 5.97 Å². The van der Waals surface area contributed by atoms with Crippen LogP contribution in [-0.2, 0) is 20.8 Å². The van der Waals surface area contributed by atoms with Gasteiger partial charge in [0, 0.05) is 47.7 Å². The lowest BCUT2D eigenvalue weighted by atomic mass is 9.81. The minimum Gasteiger partial charge on any atom is -0.461 e. The maximum atomic E-state index is 13.7. The van der Waals surface area contributed by atoms with E-state index in [2.05, 4.69) is 16.3 Å². The summed E-state index contributed by atoms with van der Waals surface area (Å²) in [5.41, 5.74) is 5.26. The van der Waals surface area contributed by atoms with Crippen LogP contribution in [0, 0.1) is 30.6 Å². The third-order valence-corrected chi connectivity index (χ3v) is 8.06. The van der Waals surface area contributed by atoms with Gasteiger partial charge in [-0.15, -0.1) is 0 Å². The maximum Gasteiger partial charge on any atom is 0.340 e. The number of carbonyl (C=O) groups is 2. The van der Waals surface area contributed by atoms with Gasteiger partial charge in [-0.25, -0.2) is 4.79 Å². The highest BCUT2D eigenvalue weighted by molar-refractivity contribution is 5.95. The van der Waals surface area contributed by atoms with Crippen molar-refractivity contribution in [3.8, 4) is 17.2 Å². The predicted molar refractivity (Wildman–Crippen MR) is 177 cm³/mol. The van der Waals surface area contributed by atoms with E-state index >= 15 is 0 Å². The van der Waals surface area contributed by atoms with Gasteiger partial charge in [-0.3, -0.25) is 9.78 Å². The number of piperidine rings is 1. The first-order valence-electron chi connectivity index (χ1n) is 15.7. The summed E-state index contributed by atoms with van der Waals surface area (Å²) < 4.78 is 12.2. The van der Waals surface area contributed by atoms with Crippen molar-refractivity contribution in [2.24, 2.45) is 5.41 Å². The number of pyridine rings is 1. The Labute approximate surface area is 267 Å². The number of esters is 1. The van der Waals surface area contributed by atoms with E-state index < -0.39 is 23.1 Å². The summed E-state index contributed by atoms with van der Waals surface area (Å²) >= 11 is 0. The topological polar surface area (TPSA) is 105 Å². The molecule has 0 radical (unpaired) electrons. The van der Waals surface area contributed by atoms with Gasteiger partial charge in [0.15, 0.2) is 6.10 Å². The van der Waals surface area contributed by atoms with E-state index in [0.29, 0.717) is 49.3 Å². The molecule has 1 amide bonds. The Morgan fingerprint density at radius 1 is 1.02 bits per heavy atom. The molecule has 0 bridgehead atoms. The maximum absolute atomic E-state index is 13.7. The number of carbonyl (C=O) groups excluding carboxylic acids is 2. The van der Waals surface area contributed by atoms with Crippen LogP contribution < -0.4 is 10.2 Å². The summed E-state index contributed by atoms with van der Waals surface area (Å²) in [6.45, 7) is 17.0. The van der Waals surface area contributed by atoms with Crippen LogP contribution in [0.2, 0.25) is 0 Å². The van der Waals surface area contributed by atoms with E-state index in [4.69, 9.17) is 14.5 Å². The number of anilines is 1. The normalized spacial score (nSPS) is 15.3. The average Bonchev–Trinajstić information content (AvgIpc) is 2.99. The van der Waals surface area contributed by atoms with Gasteiger partial charge in [-0.05, 0) is 91.5 Å². The molecule has 0 aliphatic carbocycles. The molecule has 238 valence electrons. The molecule has 8 nitrogen and oxygen atoms in total. The summed E-state index contributed by atoms with van der Waals surface area (Å²) in [5.74, 6) is -0.628. The predicted octanol–water partition coefficient (Wildman–Crippen LogP) is 7.23. The van der Waals surface area contributed by atoms with Gasteiger partial charge in [-0.1, -0.05) is 42.5 Å². The number of rotatable bonds is 9. The van der Waals surface area contributed by atoms with Crippen molar-refractivity contribution in [2.75, 3.05) is 18.0 Å². The number of ether oxygens (including phenoxy) is 2. The Balaban J connectivity index is 1.81. The molecule has 1 aliphatic rings. The molecule has 2 heterocycles. The molecule has 1 aliphatic heterocycles. The SMILES string of the molecule is Cc1nc(C)c([C@H](OC(C)(C)C)C(=O)OC(C)C)c(N2CCC(C)(C#N)CC2)c1-c1ccc(C(=O)NCc2ccccc2)cc1. The Morgan fingerprint density at radius 3 is 2.20 bits per heavy atom. The van der Waals surface area contributed by atoms with E-state index in [-0.39, 0.29) is 12.0 Å². The van der Waals surface area contributed by atoms with Gasteiger partial charge in [0.1, 0.15) is 0 Å². The van der Waals surface area contributed by atoms with Crippen LogP contribution in [-0.4, -0.2) is 41.7 Å². The van der Waals surface area contributed by atoms with E-state index in [1.165, 1.54) is 0 Å². The largest absolute Gasteiger partial charge is 0.461 e. The third-order valence-electron chi connectivity index (χ3n) is 8.06. The van der Waals surface area contributed by atoms with Crippen molar-refractivity contribution >= 4 is 17.6 Å². The number of amides is 1. The first kappa shape index (κ1) is 33.7. The zero-order chi connectivity index (χ0) is 32.9. The molecule has 3 aromatic rings. The summed E-state index contributed by atoms with van der Waals surface area (Å²) in [4.78, 5) is 33.9. The van der Waals surface area contributed by atoms with Crippen LogP contribution in [0.1, 0.15) is 93.4 Å². The van der Waals surface area contributed by atoms with Crippen molar-refractivity contribution in [3.63, 3.8) is 0 Å². The van der Waals surface area contributed by atoms with Gasteiger partial charge in [0.25, 0.3) is 5.91 Å². The molecule has 0 spiro atoms. The van der Waals surface area contributed by atoms with Gasteiger partial charge < -0.3 is 19.7 Å². The van der Waals surface area contributed by atoms with Crippen LogP contribution in [0.5, 0.6) is 0 Å². The highest BCUT2D eigenvalue weighted by Gasteiger charge is 2.38. The van der Waals surface area contributed by atoms with Gasteiger partial charge in [-0.2, -0.15) is 5.26 Å². The minimum absolute atomic E-state index is 0.160. The summed E-state index contributed by atoms with van der Waals surface area (Å²) in [6, 6.07) is 19.8. The summed E-state index contributed by atoms with van der Waals surface area (Å²) in [5, 5.41) is 12.8. The number of nitrogens with zero attached hydrogens (tertiary/aromatic N) is 3. The van der Waals surface area contributed by atoms with Crippen LogP contribution >= 0.6 is 0 Å². The summed E-state index contributed by atoms with van der Waals surface area (Å²) in [7, 11) is 0. The molecule has 1 N–H and O–H groups in total.